The number of nitrogen functional groups attached to an aromatic ring is 1. The largest absolute Gasteiger partial charge is 0.398 e. The first-order valence-electron chi connectivity index (χ1n) is 7.20. The smallest absolute Gasteiger partial charge is 0.241 e. The highest BCUT2D eigenvalue weighted by Gasteiger charge is 2.07. The van der Waals surface area contributed by atoms with E-state index in [0.717, 1.165) is 17.5 Å². The van der Waals surface area contributed by atoms with Crippen molar-refractivity contribution in [2.75, 3.05) is 12.3 Å². The zero-order valence-electron chi connectivity index (χ0n) is 12.5. The summed E-state index contributed by atoms with van der Waals surface area (Å²) in [4.78, 5) is 11.8. The Labute approximate surface area is 125 Å². The van der Waals surface area contributed by atoms with Crippen LogP contribution in [0.5, 0.6) is 0 Å². The second-order valence-electron chi connectivity index (χ2n) is 5.55. The molecular formula is C16H22N4O. The predicted molar refractivity (Wildman–Crippen MR) is 84.5 cm³/mol. The van der Waals surface area contributed by atoms with Crippen LogP contribution in [0.1, 0.15) is 20.3 Å². The quantitative estimate of drug-likeness (QED) is 0.800. The first-order chi connectivity index (χ1) is 10.1. The Hall–Kier alpha value is -2.30. The molecule has 0 unspecified atom stereocenters. The molecule has 1 aromatic heterocycles. The molecule has 0 radical (unpaired) electrons. The fraction of sp³-hybridized carbons (Fsp3) is 0.375. The maximum absolute atomic E-state index is 11.8. The SMILES string of the molecule is CC(C)CCNC(=O)Cn1cc(-c2ccccc2N)cn1. The van der Waals surface area contributed by atoms with Crippen molar-refractivity contribution in [3.63, 3.8) is 0 Å². The van der Waals surface area contributed by atoms with E-state index >= 15 is 0 Å². The van der Waals surface area contributed by atoms with Gasteiger partial charge in [0.25, 0.3) is 0 Å². The molecule has 112 valence electrons. The minimum Gasteiger partial charge on any atom is -0.398 e. The van der Waals surface area contributed by atoms with Gasteiger partial charge >= 0.3 is 0 Å². The third kappa shape index (κ3) is 4.34. The zero-order chi connectivity index (χ0) is 15.2. The van der Waals surface area contributed by atoms with Crippen molar-refractivity contribution >= 4 is 11.6 Å². The minimum atomic E-state index is -0.0219. The number of nitrogens with two attached hydrogens (primary N) is 1. The molecule has 0 fully saturated rings. The number of benzene rings is 1. The van der Waals surface area contributed by atoms with Crippen LogP contribution in [-0.2, 0) is 11.3 Å². The van der Waals surface area contributed by atoms with Crippen molar-refractivity contribution in [3.05, 3.63) is 36.7 Å². The van der Waals surface area contributed by atoms with Gasteiger partial charge in [0.05, 0.1) is 6.20 Å². The fourth-order valence-electron chi connectivity index (χ4n) is 2.05. The number of amides is 1. The second kappa shape index (κ2) is 6.92. The lowest BCUT2D eigenvalue weighted by atomic mass is 10.1. The summed E-state index contributed by atoms with van der Waals surface area (Å²) in [7, 11) is 0. The Bertz CT molecular complexity index is 604. The molecule has 0 bridgehead atoms. The molecule has 0 aliphatic carbocycles. The highest BCUT2D eigenvalue weighted by molar-refractivity contribution is 5.77. The van der Waals surface area contributed by atoms with E-state index in [2.05, 4.69) is 24.3 Å². The molecule has 1 heterocycles. The minimum absolute atomic E-state index is 0.0219. The van der Waals surface area contributed by atoms with E-state index in [1.54, 1.807) is 10.9 Å². The van der Waals surface area contributed by atoms with Crippen molar-refractivity contribution in [3.8, 4) is 11.1 Å². The maximum atomic E-state index is 11.8. The summed E-state index contributed by atoms with van der Waals surface area (Å²) in [6, 6.07) is 7.62. The summed E-state index contributed by atoms with van der Waals surface area (Å²) in [6.07, 6.45) is 4.55. The van der Waals surface area contributed by atoms with E-state index in [1.807, 2.05) is 30.5 Å². The van der Waals surface area contributed by atoms with Gasteiger partial charge in [-0.3, -0.25) is 9.48 Å². The number of hydrogen-bond donors (Lipinski definition) is 2. The van der Waals surface area contributed by atoms with Crippen molar-refractivity contribution in [1.82, 2.24) is 15.1 Å². The molecule has 5 heteroatoms. The average Bonchev–Trinajstić information content (AvgIpc) is 2.87. The van der Waals surface area contributed by atoms with Crippen LogP contribution in [0, 0.1) is 5.92 Å². The number of carbonyl (C=O) groups is 1. The lowest BCUT2D eigenvalue weighted by Crippen LogP contribution is -2.29. The topological polar surface area (TPSA) is 72.9 Å². The van der Waals surface area contributed by atoms with Gasteiger partial charge in [0.2, 0.25) is 5.91 Å². The van der Waals surface area contributed by atoms with E-state index in [4.69, 9.17) is 5.73 Å². The number of nitrogens with zero attached hydrogens (tertiary/aromatic N) is 2. The van der Waals surface area contributed by atoms with Crippen LogP contribution in [0.4, 0.5) is 5.69 Å². The number of para-hydroxylation sites is 1. The van der Waals surface area contributed by atoms with Gasteiger partial charge in [-0.1, -0.05) is 32.0 Å². The monoisotopic (exact) mass is 286 g/mol. The summed E-state index contributed by atoms with van der Waals surface area (Å²) in [5.41, 5.74) is 8.50. The van der Waals surface area contributed by atoms with Crippen LogP contribution >= 0.6 is 0 Å². The molecule has 21 heavy (non-hydrogen) atoms. The summed E-state index contributed by atoms with van der Waals surface area (Å²) >= 11 is 0. The van der Waals surface area contributed by atoms with Gasteiger partial charge in [0.15, 0.2) is 0 Å². The Morgan fingerprint density at radius 2 is 2.14 bits per heavy atom. The van der Waals surface area contributed by atoms with Crippen molar-refractivity contribution in [2.45, 2.75) is 26.8 Å². The second-order valence-corrected chi connectivity index (χ2v) is 5.55. The molecule has 3 N–H and O–H groups in total. The van der Waals surface area contributed by atoms with Gasteiger partial charge < -0.3 is 11.1 Å². The van der Waals surface area contributed by atoms with Crippen LogP contribution in [0.15, 0.2) is 36.7 Å². The summed E-state index contributed by atoms with van der Waals surface area (Å²) in [5.74, 6) is 0.564. The zero-order valence-corrected chi connectivity index (χ0v) is 12.5. The lowest BCUT2D eigenvalue weighted by molar-refractivity contribution is -0.121. The van der Waals surface area contributed by atoms with Crippen LogP contribution in [0.3, 0.4) is 0 Å². The molecule has 1 amide bonds. The van der Waals surface area contributed by atoms with Crippen LogP contribution < -0.4 is 11.1 Å². The highest BCUT2D eigenvalue weighted by Crippen LogP contribution is 2.24. The number of rotatable bonds is 6. The number of aromatic nitrogens is 2. The van der Waals surface area contributed by atoms with Gasteiger partial charge in [-0.25, -0.2) is 0 Å². The first-order valence-corrected chi connectivity index (χ1v) is 7.20. The number of nitrogens with one attached hydrogen (secondary N) is 1. The van der Waals surface area contributed by atoms with Gasteiger partial charge in [0, 0.05) is 29.6 Å². The van der Waals surface area contributed by atoms with E-state index in [1.165, 1.54) is 0 Å². The van der Waals surface area contributed by atoms with Crippen LogP contribution in [0.25, 0.3) is 11.1 Å². The Balaban J connectivity index is 1.94. The molecule has 0 atom stereocenters. The molecule has 0 aliphatic heterocycles. The standard InChI is InChI=1S/C16H22N4O/c1-12(2)7-8-18-16(21)11-20-10-13(9-19-20)14-5-3-4-6-15(14)17/h3-6,9-10,12H,7-8,11,17H2,1-2H3,(H,18,21). The molecule has 0 saturated heterocycles. The summed E-state index contributed by atoms with van der Waals surface area (Å²) < 4.78 is 1.63. The number of hydrogen-bond acceptors (Lipinski definition) is 3. The maximum Gasteiger partial charge on any atom is 0.241 e. The summed E-state index contributed by atoms with van der Waals surface area (Å²) in [6.45, 7) is 5.20. The predicted octanol–water partition coefficient (Wildman–Crippen LogP) is 2.29. The average molecular weight is 286 g/mol. The van der Waals surface area contributed by atoms with Gasteiger partial charge in [-0.15, -0.1) is 0 Å². The van der Waals surface area contributed by atoms with E-state index in [9.17, 15) is 4.79 Å². The molecule has 1 aromatic carbocycles. The fourth-order valence-corrected chi connectivity index (χ4v) is 2.05. The molecule has 5 nitrogen and oxygen atoms in total. The molecule has 2 aromatic rings. The third-order valence-electron chi connectivity index (χ3n) is 3.25. The molecule has 2 rings (SSSR count). The normalized spacial score (nSPS) is 10.8. The Morgan fingerprint density at radius 3 is 2.86 bits per heavy atom. The van der Waals surface area contributed by atoms with Crippen molar-refractivity contribution in [2.24, 2.45) is 5.92 Å². The number of carbonyl (C=O) groups excluding carboxylic acids is 1. The van der Waals surface area contributed by atoms with E-state index < -0.39 is 0 Å². The van der Waals surface area contributed by atoms with Crippen LogP contribution in [0.2, 0.25) is 0 Å². The number of anilines is 1. The van der Waals surface area contributed by atoms with Gasteiger partial charge in [0.1, 0.15) is 6.54 Å². The third-order valence-corrected chi connectivity index (χ3v) is 3.25. The van der Waals surface area contributed by atoms with E-state index in [0.29, 0.717) is 18.2 Å². The Kier molecular flexibility index (Phi) is 4.98. The Morgan fingerprint density at radius 1 is 1.38 bits per heavy atom. The molecule has 0 saturated carbocycles. The van der Waals surface area contributed by atoms with Gasteiger partial charge in [-0.2, -0.15) is 5.10 Å². The summed E-state index contributed by atoms with van der Waals surface area (Å²) in [5, 5.41) is 7.12. The lowest BCUT2D eigenvalue weighted by Gasteiger charge is -2.07. The van der Waals surface area contributed by atoms with Crippen molar-refractivity contribution < 1.29 is 4.79 Å². The molecule has 0 spiro atoms. The van der Waals surface area contributed by atoms with Crippen molar-refractivity contribution in [1.29, 1.82) is 0 Å². The first kappa shape index (κ1) is 15.1. The molecular weight excluding hydrogens is 264 g/mol. The van der Waals surface area contributed by atoms with Crippen LogP contribution in [-0.4, -0.2) is 22.2 Å². The highest BCUT2D eigenvalue weighted by atomic mass is 16.2. The van der Waals surface area contributed by atoms with E-state index in [-0.39, 0.29) is 12.5 Å². The van der Waals surface area contributed by atoms with Gasteiger partial charge in [-0.05, 0) is 18.4 Å². The molecule has 0 aliphatic rings.